The Morgan fingerprint density at radius 3 is 2.55 bits per heavy atom. The fourth-order valence-corrected chi connectivity index (χ4v) is 2.19. The number of hydrogen-bond donors (Lipinski definition) is 1. The Bertz CT molecular complexity index is 788. The molecule has 20 heavy (non-hydrogen) atoms. The first-order chi connectivity index (χ1) is 9.83. The molecule has 2 aromatic carbocycles. The second kappa shape index (κ2) is 4.97. The van der Waals surface area contributed by atoms with Crippen LogP contribution in [0, 0.1) is 4.91 Å². The van der Waals surface area contributed by atoms with Gasteiger partial charge in [0.1, 0.15) is 11.3 Å². The molecule has 0 radical (unpaired) electrons. The van der Waals surface area contributed by atoms with Crippen LogP contribution in [0.4, 0.5) is 5.69 Å². The van der Waals surface area contributed by atoms with E-state index in [0.29, 0.717) is 11.3 Å². The second-order valence-corrected chi connectivity index (χ2v) is 4.25. The minimum Gasteiger partial charge on any atom is -0.464 e. The van der Waals surface area contributed by atoms with Crippen molar-refractivity contribution in [3.05, 3.63) is 59.2 Å². The Balaban J connectivity index is 2.18. The average Bonchev–Trinajstić information content (AvgIpc) is 2.98. The summed E-state index contributed by atoms with van der Waals surface area (Å²) < 4.78 is 5.52. The van der Waals surface area contributed by atoms with Crippen molar-refractivity contribution in [3.63, 3.8) is 0 Å². The topological polar surface area (TPSA) is 75.2 Å². The molecule has 98 valence electrons. The molecule has 0 aliphatic carbocycles. The number of benzene rings is 2. The van der Waals surface area contributed by atoms with Gasteiger partial charge in [0.2, 0.25) is 0 Å². The molecule has 0 atom stereocenters. The van der Waals surface area contributed by atoms with Gasteiger partial charge in [0, 0.05) is 16.5 Å². The van der Waals surface area contributed by atoms with Crippen LogP contribution < -0.4 is 0 Å². The number of rotatable bonds is 3. The van der Waals surface area contributed by atoms with E-state index in [1.165, 1.54) is 6.21 Å². The molecule has 0 saturated carbocycles. The molecule has 5 heteroatoms. The number of nitroso groups, excluding NO2 is 1. The van der Waals surface area contributed by atoms with E-state index in [0.717, 1.165) is 22.1 Å². The van der Waals surface area contributed by atoms with Crippen LogP contribution in [0.2, 0.25) is 0 Å². The number of oxime groups is 1. The molecule has 1 aromatic heterocycles. The molecular weight excluding hydrogens is 256 g/mol. The van der Waals surface area contributed by atoms with Crippen molar-refractivity contribution in [2.75, 3.05) is 0 Å². The lowest BCUT2D eigenvalue weighted by Crippen LogP contribution is -1.85. The molecule has 1 heterocycles. The Morgan fingerprint density at radius 1 is 1.05 bits per heavy atom. The summed E-state index contributed by atoms with van der Waals surface area (Å²) in [6.07, 6.45) is 2.95. The number of fused-ring (bicyclic) bond motifs is 1. The standard InChI is InChI=1S/C15H10N2O3/c18-16-9-11-3-6-13(15-14(11)7-8-20-15)10-1-4-12(17-19)5-2-10/h1-9,18H/b16-9+. The lowest BCUT2D eigenvalue weighted by atomic mass is 10.0. The fraction of sp³-hybridized carbons (Fsp3) is 0. The van der Waals surface area contributed by atoms with Gasteiger partial charge < -0.3 is 9.62 Å². The van der Waals surface area contributed by atoms with Gasteiger partial charge in [-0.15, -0.1) is 4.91 Å². The maximum Gasteiger partial charge on any atom is 0.142 e. The Kier molecular flexibility index (Phi) is 3.01. The van der Waals surface area contributed by atoms with Crippen molar-refractivity contribution in [1.29, 1.82) is 0 Å². The molecule has 0 aliphatic heterocycles. The molecule has 0 saturated heterocycles. The van der Waals surface area contributed by atoms with E-state index in [1.807, 2.05) is 30.3 Å². The molecule has 5 nitrogen and oxygen atoms in total. The summed E-state index contributed by atoms with van der Waals surface area (Å²) >= 11 is 0. The third-order valence-electron chi connectivity index (χ3n) is 3.13. The molecule has 0 unspecified atom stereocenters. The molecule has 0 fully saturated rings. The van der Waals surface area contributed by atoms with Crippen LogP contribution in [-0.2, 0) is 0 Å². The lowest BCUT2D eigenvalue weighted by Gasteiger charge is -2.04. The summed E-state index contributed by atoms with van der Waals surface area (Å²) in [5.41, 5.74) is 3.68. The molecule has 3 rings (SSSR count). The van der Waals surface area contributed by atoms with E-state index in [4.69, 9.17) is 9.62 Å². The average molecular weight is 266 g/mol. The van der Waals surface area contributed by atoms with Gasteiger partial charge in [-0.2, -0.15) is 0 Å². The third-order valence-corrected chi connectivity index (χ3v) is 3.13. The van der Waals surface area contributed by atoms with E-state index in [9.17, 15) is 4.91 Å². The van der Waals surface area contributed by atoms with Crippen LogP contribution in [0.5, 0.6) is 0 Å². The van der Waals surface area contributed by atoms with Crippen molar-refractivity contribution in [2.24, 2.45) is 10.3 Å². The fourth-order valence-electron chi connectivity index (χ4n) is 2.19. The van der Waals surface area contributed by atoms with E-state index in [2.05, 4.69) is 10.3 Å². The SMILES string of the molecule is O=Nc1ccc(-c2ccc(/C=N/O)c3ccoc23)cc1. The molecule has 0 spiro atoms. The van der Waals surface area contributed by atoms with Gasteiger partial charge in [-0.3, -0.25) is 0 Å². The minimum absolute atomic E-state index is 0.383. The van der Waals surface area contributed by atoms with Crippen LogP contribution in [-0.4, -0.2) is 11.4 Å². The molecule has 0 amide bonds. The second-order valence-electron chi connectivity index (χ2n) is 4.25. The minimum atomic E-state index is 0.383. The summed E-state index contributed by atoms with van der Waals surface area (Å²) in [5, 5.41) is 15.4. The van der Waals surface area contributed by atoms with Gasteiger partial charge in [-0.05, 0) is 35.0 Å². The zero-order valence-electron chi connectivity index (χ0n) is 10.4. The first-order valence-corrected chi connectivity index (χ1v) is 5.95. The number of hydrogen-bond acceptors (Lipinski definition) is 5. The maximum absolute atomic E-state index is 10.4. The predicted molar refractivity (Wildman–Crippen MR) is 76.5 cm³/mol. The number of furan rings is 1. The van der Waals surface area contributed by atoms with E-state index < -0.39 is 0 Å². The van der Waals surface area contributed by atoms with Crippen LogP contribution in [0.3, 0.4) is 0 Å². The Hall–Kier alpha value is -2.95. The highest BCUT2D eigenvalue weighted by Gasteiger charge is 2.10. The smallest absolute Gasteiger partial charge is 0.142 e. The van der Waals surface area contributed by atoms with Gasteiger partial charge in [-0.25, -0.2) is 0 Å². The van der Waals surface area contributed by atoms with Crippen LogP contribution in [0.25, 0.3) is 22.1 Å². The first kappa shape index (κ1) is 12.1. The van der Waals surface area contributed by atoms with Crippen molar-refractivity contribution in [1.82, 2.24) is 0 Å². The highest BCUT2D eigenvalue weighted by molar-refractivity contribution is 6.03. The van der Waals surface area contributed by atoms with Gasteiger partial charge in [0.25, 0.3) is 0 Å². The van der Waals surface area contributed by atoms with Crippen LogP contribution in [0.15, 0.2) is 63.5 Å². The van der Waals surface area contributed by atoms with Crippen molar-refractivity contribution < 1.29 is 9.62 Å². The summed E-state index contributed by atoms with van der Waals surface area (Å²) in [4.78, 5) is 10.4. The van der Waals surface area contributed by atoms with Crippen molar-refractivity contribution >= 4 is 22.9 Å². The van der Waals surface area contributed by atoms with Crippen molar-refractivity contribution in [3.8, 4) is 11.1 Å². The van der Waals surface area contributed by atoms with Gasteiger partial charge >= 0.3 is 0 Å². The molecular formula is C15H10N2O3. The van der Waals surface area contributed by atoms with Crippen LogP contribution >= 0.6 is 0 Å². The van der Waals surface area contributed by atoms with Gasteiger partial charge in [-0.1, -0.05) is 23.4 Å². The zero-order chi connectivity index (χ0) is 13.9. The number of nitrogens with zero attached hydrogens (tertiary/aromatic N) is 2. The normalized spacial score (nSPS) is 11.2. The summed E-state index contributed by atoms with van der Waals surface area (Å²) in [6.45, 7) is 0. The maximum atomic E-state index is 10.4. The van der Waals surface area contributed by atoms with E-state index >= 15 is 0 Å². The molecule has 0 aliphatic rings. The van der Waals surface area contributed by atoms with Crippen molar-refractivity contribution in [2.45, 2.75) is 0 Å². The Morgan fingerprint density at radius 2 is 1.85 bits per heavy atom. The summed E-state index contributed by atoms with van der Waals surface area (Å²) in [7, 11) is 0. The Labute approximate surface area is 114 Å². The molecule has 0 bridgehead atoms. The molecule has 3 aromatic rings. The quantitative estimate of drug-likeness (QED) is 0.332. The molecule has 1 N–H and O–H groups in total. The zero-order valence-corrected chi connectivity index (χ0v) is 10.4. The monoisotopic (exact) mass is 266 g/mol. The largest absolute Gasteiger partial charge is 0.464 e. The highest BCUT2D eigenvalue weighted by atomic mass is 16.4. The van der Waals surface area contributed by atoms with E-state index in [1.54, 1.807) is 18.4 Å². The predicted octanol–water partition coefficient (Wildman–Crippen LogP) is 4.31. The lowest BCUT2D eigenvalue weighted by molar-refractivity contribution is 0.322. The van der Waals surface area contributed by atoms with E-state index in [-0.39, 0.29) is 0 Å². The first-order valence-electron chi connectivity index (χ1n) is 5.95. The summed E-state index contributed by atoms with van der Waals surface area (Å²) in [6, 6.07) is 12.5. The summed E-state index contributed by atoms with van der Waals surface area (Å²) in [5.74, 6) is 0. The van der Waals surface area contributed by atoms with Crippen LogP contribution in [0.1, 0.15) is 5.56 Å². The van der Waals surface area contributed by atoms with Gasteiger partial charge in [0.05, 0.1) is 12.5 Å². The highest BCUT2D eigenvalue weighted by Crippen LogP contribution is 2.32. The third kappa shape index (κ3) is 1.95. The van der Waals surface area contributed by atoms with Gasteiger partial charge in [0.15, 0.2) is 0 Å².